The fourth-order valence-electron chi connectivity index (χ4n) is 6.63. The molecule has 8 rings (SSSR count). The van der Waals surface area contributed by atoms with Crippen LogP contribution in [0.5, 0.6) is 40.2 Å². The summed E-state index contributed by atoms with van der Waals surface area (Å²) in [6.07, 6.45) is 0. The van der Waals surface area contributed by atoms with Gasteiger partial charge in [-0.3, -0.25) is 4.55 Å². The highest BCUT2D eigenvalue weighted by Gasteiger charge is 2.25. The van der Waals surface area contributed by atoms with Gasteiger partial charge in [-0.05, 0) is 157 Å². The Labute approximate surface area is 394 Å². The molecule has 346 valence electrons. The van der Waals surface area contributed by atoms with Gasteiger partial charge in [-0.25, -0.2) is 16.8 Å². The summed E-state index contributed by atoms with van der Waals surface area (Å²) in [4.78, 5) is -0.942. The Kier molecular flexibility index (Phi) is 14.6. The van der Waals surface area contributed by atoms with Crippen molar-refractivity contribution in [3.8, 4) is 62.5 Å². The second-order valence-corrected chi connectivity index (χ2v) is 20.4. The monoisotopic (exact) mass is 990 g/mol. The molecule has 0 aliphatic carbocycles. The van der Waals surface area contributed by atoms with E-state index in [9.17, 15) is 29.8 Å². The Morgan fingerprint density at radius 2 is 0.662 bits per heavy atom. The Hall–Kier alpha value is -7.61. The lowest BCUT2D eigenvalue weighted by Crippen LogP contribution is -2.06. The van der Waals surface area contributed by atoms with Gasteiger partial charge < -0.3 is 18.9 Å². The van der Waals surface area contributed by atoms with Gasteiger partial charge in [-0.1, -0.05) is 66.2 Å². The van der Waals surface area contributed by atoms with Gasteiger partial charge in [0.25, 0.3) is 10.1 Å². The molecule has 0 amide bonds. The summed E-state index contributed by atoms with van der Waals surface area (Å²) in [6.45, 7) is 2.05. The Morgan fingerprint density at radius 3 is 1.00 bits per heavy atom. The molecule has 0 aliphatic rings. The van der Waals surface area contributed by atoms with Crippen LogP contribution >= 0.6 is 0 Å². The van der Waals surface area contributed by atoms with Gasteiger partial charge in [0.2, 0.25) is 19.7 Å². The molecule has 0 spiro atoms. The molecule has 68 heavy (non-hydrogen) atoms. The minimum absolute atomic E-state index is 0.0940. The van der Waals surface area contributed by atoms with Crippen LogP contribution in [0.25, 0.3) is 22.3 Å². The van der Waals surface area contributed by atoms with Crippen molar-refractivity contribution in [3.63, 3.8) is 0 Å². The molecular formula is C50H38O14S4. The van der Waals surface area contributed by atoms with E-state index < -0.39 is 45.3 Å². The first-order valence-electron chi connectivity index (χ1n) is 20.0. The number of ether oxygens (including phenoxy) is 4. The summed E-state index contributed by atoms with van der Waals surface area (Å²) < 4.78 is 136. The Morgan fingerprint density at radius 1 is 0.382 bits per heavy atom. The fraction of sp³-hybridized carbons (Fsp3) is 0.0400. The van der Waals surface area contributed by atoms with E-state index in [1.165, 1.54) is 73.3 Å². The molecule has 0 aromatic heterocycles. The minimum Gasteiger partial charge on any atom is -0.497 e. The van der Waals surface area contributed by atoms with E-state index in [0.717, 1.165) is 28.3 Å². The highest BCUT2D eigenvalue weighted by atomic mass is 32.2. The average Bonchev–Trinajstić information content (AvgIpc) is 3.32. The molecule has 18 heteroatoms. The van der Waals surface area contributed by atoms with E-state index in [2.05, 4.69) is 24.3 Å². The number of benzene rings is 8. The lowest BCUT2D eigenvalue weighted by molar-refractivity contribution is 0.414. The lowest BCUT2D eigenvalue weighted by Gasteiger charge is -2.13. The largest absolute Gasteiger partial charge is 0.497 e. The van der Waals surface area contributed by atoms with Crippen molar-refractivity contribution >= 4 is 40.4 Å². The van der Waals surface area contributed by atoms with Crippen molar-refractivity contribution in [2.75, 3.05) is 7.11 Å². The molecule has 0 radical (unpaired) electrons. The van der Waals surface area contributed by atoms with Crippen molar-refractivity contribution < 1.29 is 61.4 Å². The quantitative estimate of drug-likeness (QED) is 0.100. The number of aryl methyl sites for hydroxylation is 1. The van der Waals surface area contributed by atoms with Crippen LogP contribution < -0.4 is 18.9 Å². The molecule has 14 nitrogen and oxygen atoms in total. The van der Waals surface area contributed by atoms with Crippen LogP contribution in [0.2, 0.25) is 0 Å². The molecule has 1 N–H and O–H groups in total. The predicted octanol–water partition coefficient (Wildman–Crippen LogP) is 10.6. The third kappa shape index (κ3) is 11.9. The number of hydrogen-bond donors (Lipinski definition) is 1. The summed E-state index contributed by atoms with van der Waals surface area (Å²) in [5.74, 6) is 2.47. The molecule has 0 atom stereocenters. The number of hydrogen-bond acceptors (Lipinski definition) is 13. The first-order valence-corrected chi connectivity index (χ1v) is 25.4. The van der Waals surface area contributed by atoms with Crippen LogP contribution in [-0.2, 0) is 40.4 Å². The fourth-order valence-corrected chi connectivity index (χ4v) is 9.90. The van der Waals surface area contributed by atoms with E-state index in [0.29, 0.717) is 28.7 Å². The zero-order valence-electron chi connectivity index (χ0n) is 35.8. The normalized spacial score (nSPS) is 11.4. The van der Waals surface area contributed by atoms with Crippen LogP contribution in [0.4, 0.5) is 0 Å². The Balaban J connectivity index is 0.00000165. The van der Waals surface area contributed by atoms with Crippen molar-refractivity contribution in [2.45, 2.75) is 31.4 Å². The molecule has 0 bridgehead atoms. The SMILES string of the molecule is COc1ccc(S(=O)(=O)c2ccc(Oc3ccc(-c4ccc(Oc5ccc(S(=O)(=O)c6ccc(Oc7ccc(-c8ccc(C)cc8)cc7)cc6)cc5)cc4)cc3)c(S(=O)(=O)O)c2)cc1.O=S(=O)=O. The van der Waals surface area contributed by atoms with Crippen LogP contribution in [0.15, 0.2) is 213 Å². The predicted molar refractivity (Wildman–Crippen MR) is 251 cm³/mol. The third-order valence-electron chi connectivity index (χ3n) is 10.1. The lowest BCUT2D eigenvalue weighted by atomic mass is 10.0. The highest BCUT2D eigenvalue weighted by Crippen LogP contribution is 2.35. The second-order valence-electron chi connectivity index (χ2n) is 14.7. The van der Waals surface area contributed by atoms with E-state index in [4.69, 9.17) is 31.6 Å². The maximum absolute atomic E-state index is 13.5. The van der Waals surface area contributed by atoms with Crippen LogP contribution in [0.1, 0.15) is 5.56 Å². The van der Waals surface area contributed by atoms with Crippen molar-refractivity contribution in [2.24, 2.45) is 0 Å². The van der Waals surface area contributed by atoms with E-state index in [-0.39, 0.29) is 31.1 Å². The molecule has 8 aromatic rings. The summed E-state index contributed by atoms with van der Waals surface area (Å²) in [6, 6.07) is 51.0. The smallest absolute Gasteiger partial charge is 0.425 e. The van der Waals surface area contributed by atoms with Gasteiger partial charge in [0, 0.05) is 0 Å². The van der Waals surface area contributed by atoms with Gasteiger partial charge >= 0.3 is 10.6 Å². The van der Waals surface area contributed by atoms with Crippen molar-refractivity contribution in [3.05, 3.63) is 194 Å². The van der Waals surface area contributed by atoms with Gasteiger partial charge in [-0.2, -0.15) is 8.42 Å². The molecular weight excluding hydrogens is 953 g/mol. The maximum atomic E-state index is 13.5. The molecule has 0 saturated carbocycles. The van der Waals surface area contributed by atoms with Crippen LogP contribution in [-0.4, -0.2) is 49.5 Å². The standard InChI is InChI=1S/C50H38O11S3.O3S/c1-34-3-5-35(6-4-34)36-7-13-40(14-8-36)59-42-21-27-45(28-22-42)62(51,52)46-29-23-43(24-30-46)60-41-15-9-37(10-16-41)38-11-17-44(18-12-38)61-49-32-31-48(33-50(49)64(55,56)57)63(53,54)47-25-19-39(58-2)20-26-47;1-4(2)3/h3-33H,1-2H3,(H,55,56,57);. The first kappa shape index (κ1) is 48.3. The van der Waals surface area contributed by atoms with Gasteiger partial charge in [0.05, 0.1) is 26.7 Å². The van der Waals surface area contributed by atoms with Crippen LogP contribution in [0, 0.1) is 6.92 Å². The summed E-state index contributed by atoms with van der Waals surface area (Å²) in [5, 5.41) is 0. The van der Waals surface area contributed by atoms with Gasteiger partial charge in [0.1, 0.15) is 45.1 Å². The van der Waals surface area contributed by atoms with Gasteiger partial charge in [-0.15, -0.1) is 12.6 Å². The number of methoxy groups -OCH3 is 1. The van der Waals surface area contributed by atoms with Gasteiger partial charge in [0.15, 0.2) is 0 Å². The second kappa shape index (κ2) is 20.5. The highest BCUT2D eigenvalue weighted by molar-refractivity contribution is 7.92. The molecule has 8 aromatic carbocycles. The molecule has 0 heterocycles. The van der Waals surface area contributed by atoms with E-state index in [1.54, 1.807) is 60.7 Å². The van der Waals surface area contributed by atoms with Crippen molar-refractivity contribution in [1.82, 2.24) is 0 Å². The third-order valence-corrected chi connectivity index (χ3v) is 14.5. The van der Waals surface area contributed by atoms with Crippen LogP contribution in [0.3, 0.4) is 0 Å². The molecule has 0 unspecified atom stereocenters. The molecule has 0 aliphatic heterocycles. The van der Waals surface area contributed by atoms with E-state index >= 15 is 0 Å². The van der Waals surface area contributed by atoms with E-state index in [1.807, 2.05) is 43.3 Å². The summed E-state index contributed by atoms with van der Waals surface area (Å²) in [5.41, 5.74) is 4.96. The summed E-state index contributed by atoms with van der Waals surface area (Å²) >= 11 is 0. The zero-order valence-corrected chi connectivity index (χ0v) is 39.1. The molecule has 0 fully saturated rings. The first-order chi connectivity index (χ1) is 32.4. The molecule has 0 saturated heterocycles. The van der Waals surface area contributed by atoms with Crippen molar-refractivity contribution in [1.29, 1.82) is 0 Å². The number of sulfone groups is 2. The maximum Gasteiger partial charge on any atom is 0.425 e. The minimum atomic E-state index is -4.90. The summed E-state index contributed by atoms with van der Waals surface area (Å²) in [7, 11) is -14.5. The Bertz CT molecular complexity index is 3510. The average molecular weight is 991 g/mol. The topological polar surface area (TPSA) is 211 Å². The number of rotatable bonds is 14. The zero-order chi connectivity index (χ0) is 48.6.